The lowest BCUT2D eigenvalue weighted by Crippen LogP contribution is -2.12. The number of carbonyl (C=O) groups excluding carboxylic acids is 1. The number of amides is 1. The van der Waals surface area contributed by atoms with Gasteiger partial charge in [-0.3, -0.25) is 14.8 Å². The SMILES string of the molecule is Cc1ccc(-c2csc(NC(=O)c3ccn(C)n3)n2)c(C)c1. The topological polar surface area (TPSA) is 59.8 Å². The van der Waals surface area contributed by atoms with Gasteiger partial charge in [0.1, 0.15) is 0 Å². The molecule has 1 amide bonds. The Balaban J connectivity index is 1.80. The second-order valence-corrected chi connectivity index (χ2v) is 6.04. The van der Waals surface area contributed by atoms with Gasteiger partial charge in [0.2, 0.25) is 0 Å². The Kier molecular flexibility index (Phi) is 3.77. The summed E-state index contributed by atoms with van der Waals surface area (Å²) in [5.74, 6) is -0.248. The number of rotatable bonds is 3. The van der Waals surface area contributed by atoms with Crippen molar-refractivity contribution < 1.29 is 4.79 Å². The van der Waals surface area contributed by atoms with Crippen molar-refractivity contribution in [2.75, 3.05) is 5.32 Å². The highest BCUT2D eigenvalue weighted by atomic mass is 32.1. The molecule has 1 aromatic carbocycles. The van der Waals surface area contributed by atoms with Crippen molar-refractivity contribution in [1.29, 1.82) is 0 Å². The van der Waals surface area contributed by atoms with Gasteiger partial charge in [0, 0.05) is 24.2 Å². The third-order valence-electron chi connectivity index (χ3n) is 3.33. The smallest absolute Gasteiger partial charge is 0.277 e. The van der Waals surface area contributed by atoms with Crippen LogP contribution in [-0.2, 0) is 7.05 Å². The highest BCUT2D eigenvalue weighted by Crippen LogP contribution is 2.28. The lowest BCUT2D eigenvalue weighted by Gasteiger charge is -2.03. The normalized spacial score (nSPS) is 10.7. The van der Waals surface area contributed by atoms with Crippen LogP contribution in [0.15, 0.2) is 35.8 Å². The molecular formula is C16H16N4OS. The van der Waals surface area contributed by atoms with Crippen LogP contribution in [-0.4, -0.2) is 20.7 Å². The maximum atomic E-state index is 12.1. The highest BCUT2D eigenvalue weighted by Gasteiger charge is 2.12. The van der Waals surface area contributed by atoms with E-state index in [4.69, 9.17) is 0 Å². The Morgan fingerprint density at radius 2 is 2.09 bits per heavy atom. The first-order valence-corrected chi connectivity index (χ1v) is 7.75. The second-order valence-electron chi connectivity index (χ2n) is 5.19. The number of anilines is 1. The van der Waals surface area contributed by atoms with Crippen LogP contribution in [0.25, 0.3) is 11.3 Å². The van der Waals surface area contributed by atoms with Crippen molar-refractivity contribution >= 4 is 22.4 Å². The summed E-state index contributed by atoms with van der Waals surface area (Å²) in [6, 6.07) is 7.92. The zero-order chi connectivity index (χ0) is 15.7. The van der Waals surface area contributed by atoms with E-state index >= 15 is 0 Å². The fourth-order valence-electron chi connectivity index (χ4n) is 2.25. The van der Waals surface area contributed by atoms with Gasteiger partial charge in [-0.15, -0.1) is 11.3 Å². The van der Waals surface area contributed by atoms with Crippen LogP contribution in [0.1, 0.15) is 21.6 Å². The highest BCUT2D eigenvalue weighted by molar-refractivity contribution is 7.14. The molecule has 0 aliphatic heterocycles. The Morgan fingerprint density at radius 1 is 1.27 bits per heavy atom. The molecule has 0 atom stereocenters. The summed E-state index contributed by atoms with van der Waals surface area (Å²) in [6.07, 6.45) is 1.73. The van der Waals surface area contributed by atoms with Crippen molar-refractivity contribution in [2.45, 2.75) is 13.8 Å². The molecule has 0 saturated carbocycles. The fraction of sp³-hybridized carbons (Fsp3) is 0.188. The van der Waals surface area contributed by atoms with Crippen LogP contribution >= 0.6 is 11.3 Å². The zero-order valence-electron chi connectivity index (χ0n) is 12.6. The molecule has 0 radical (unpaired) electrons. The molecule has 2 heterocycles. The van der Waals surface area contributed by atoms with E-state index in [0.717, 1.165) is 11.3 Å². The first kappa shape index (κ1) is 14.5. The van der Waals surface area contributed by atoms with Gasteiger partial charge >= 0.3 is 0 Å². The van der Waals surface area contributed by atoms with Gasteiger partial charge in [0.15, 0.2) is 10.8 Å². The maximum Gasteiger partial charge on any atom is 0.277 e. The van der Waals surface area contributed by atoms with Crippen molar-refractivity contribution in [3.05, 3.63) is 52.7 Å². The number of hydrogen-bond acceptors (Lipinski definition) is 4. The Bertz CT molecular complexity index is 834. The number of nitrogens with zero attached hydrogens (tertiary/aromatic N) is 3. The molecule has 1 N–H and O–H groups in total. The molecule has 2 aromatic heterocycles. The standard InChI is InChI=1S/C16H16N4OS/c1-10-4-5-12(11(2)8-10)14-9-22-16(17-14)18-15(21)13-6-7-20(3)19-13/h4-9H,1-3H3,(H,17,18,21). The predicted molar refractivity (Wildman–Crippen MR) is 88.2 cm³/mol. The van der Waals surface area contributed by atoms with Crippen LogP contribution in [0.3, 0.4) is 0 Å². The molecule has 112 valence electrons. The molecule has 0 aliphatic carbocycles. The van der Waals surface area contributed by atoms with E-state index in [1.807, 2.05) is 5.38 Å². The average molecular weight is 312 g/mol. The van der Waals surface area contributed by atoms with Gasteiger partial charge in [0.05, 0.1) is 5.69 Å². The third-order valence-corrected chi connectivity index (χ3v) is 4.09. The number of carbonyl (C=O) groups is 1. The summed E-state index contributed by atoms with van der Waals surface area (Å²) in [4.78, 5) is 16.6. The van der Waals surface area contributed by atoms with E-state index in [0.29, 0.717) is 10.8 Å². The molecule has 5 nitrogen and oxygen atoms in total. The Labute approximate surface area is 132 Å². The summed E-state index contributed by atoms with van der Waals surface area (Å²) in [6.45, 7) is 4.13. The van der Waals surface area contributed by atoms with Crippen LogP contribution < -0.4 is 5.32 Å². The van der Waals surface area contributed by atoms with Crippen LogP contribution in [0.4, 0.5) is 5.13 Å². The molecule has 0 fully saturated rings. The first-order valence-electron chi connectivity index (χ1n) is 6.87. The lowest BCUT2D eigenvalue weighted by atomic mass is 10.0. The van der Waals surface area contributed by atoms with E-state index in [-0.39, 0.29) is 5.91 Å². The molecule has 3 aromatic rings. The van der Waals surface area contributed by atoms with Crippen molar-refractivity contribution in [3.63, 3.8) is 0 Å². The fourth-order valence-corrected chi connectivity index (χ4v) is 2.96. The van der Waals surface area contributed by atoms with Crippen molar-refractivity contribution in [3.8, 4) is 11.3 Å². The number of thiazole rings is 1. The van der Waals surface area contributed by atoms with Crippen LogP contribution in [0, 0.1) is 13.8 Å². The predicted octanol–water partition coefficient (Wildman–Crippen LogP) is 3.41. The number of aryl methyl sites for hydroxylation is 3. The monoisotopic (exact) mass is 312 g/mol. The Hall–Kier alpha value is -2.47. The molecule has 0 spiro atoms. The summed E-state index contributed by atoms with van der Waals surface area (Å²) in [7, 11) is 1.78. The summed E-state index contributed by atoms with van der Waals surface area (Å²) < 4.78 is 1.60. The molecule has 0 bridgehead atoms. The quantitative estimate of drug-likeness (QED) is 0.806. The Morgan fingerprint density at radius 3 is 2.77 bits per heavy atom. The molecule has 3 rings (SSSR count). The molecule has 0 unspecified atom stereocenters. The number of nitrogens with one attached hydrogen (secondary N) is 1. The minimum atomic E-state index is -0.248. The number of hydrogen-bond donors (Lipinski definition) is 1. The molecule has 0 saturated heterocycles. The number of aromatic nitrogens is 3. The minimum absolute atomic E-state index is 0.248. The van der Waals surface area contributed by atoms with E-state index in [9.17, 15) is 4.79 Å². The zero-order valence-corrected chi connectivity index (χ0v) is 13.4. The largest absolute Gasteiger partial charge is 0.296 e. The molecular weight excluding hydrogens is 296 g/mol. The van der Waals surface area contributed by atoms with Crippen molar-refractivity contribution in [1.82, 2.24) is 14.8 Å². The van der Waals surface area contributed by atoms with Crippen molar-refractivity contribution in [2.24, 2.45) is 7.05 Å². The molecule has 6 heteroatoms. The third kappa shape index (κ3) is 2.92. The van der Waals surface area contributed by atoms with Gasteiger partial charge < -0.3 is 0 Å². The maximum absolute atomic E-state index is 12.1. The first-order chi connectivity index (χ1) is 10.5. The van der Waals surface area contributed by atoms with Gasteiger partial charge in [-0.2, -0.15) is 5.10 Å². The van der Waals surface area contributed by atoms with E-state index in [2.05, 4.69) is 47.4 Å². The summed E-state index contributed by atoms with van der Waals surface area (Å²) in [5, 5.41) is 9.39. The van der Waals surface area contributed by atoms with Gasteiger partial charge in [-0.25, -0.2) is 4.98 Å². The summed E-state index contributed by atoms with van der Waals surface area (Å²) >= 11 is 1.41. The van der Waals surface area contributed by atoms with Gasteiger partial charge in [-0.1, -0.05) is 23.8 Å². The second kappa shape index (κ2) is 5.73. The van der Waals surface area contributed by atoms with E-state index in [1.54, 1.807) is 24.0 Å². The minimum Gasteiger partial charge on any atom is -0.296 e. The average Bonchev–Trinajstić information content (AvgIpc) is 3.08. The van der Waals surface area contributed by atoms with Gasteiger partial charge in [0.25, 0.3) is 5.91 Å². The molecule has 22 heavy (non-hydrogen) atoms. The summed E-state index contributed by atoms with van der Waals surface area (Å²) in [5.41, 5.74) is 4.73. The van der Waals surface area contributed by atoms with E-state index < -0.39 is 0 Å². The molecule has 0 aliphatic rings. The van der Waals surface area contributed by atoms with Gasteiger partial charge in [-0.05, 0) is 25.5 Å². The number of benzene rings is 1. The van der Waals surface area contributed by atoms with Crippen LogP contribution in [0.2, 0.25) is 0 Å². The lowest BCUT2D eigenvalue weighted by molar-refractivity contribution is 0.102. The van der Waals surface area contributed by atoms with E-state index in [1.165, 1.54) is 22.5 Å². The van der Waals surface area contributed by atoms with Crippen LogP contribution in [0.5, 0.6) is 0 Å².